The number of hydrogen-bond donors (Lipinski definition) is 2. The van der Waals surface area contributed by atoms with Gasteiger partial charge in [0.05, 0.1) is 12.0 Å². The molecular weight excluding hydrogens is 282 g/mol. The van der Waals surface area contributed by atoms with Crippen LogP contribution in [0.25, 0.3) is 11.1 Å². The fourth-order valence-corrected chi connectivity index (χ4v) is 2.90. The first-order chi connectivity index (χ1) is 10.5. The van der Waals surface area contributed by atoms with Gasteiger partial charge in [0.2, 0.25) is 5.91 Å². The van der Waals surface area contributed by atoms with Gasteiger partial charge < -0.3 is 19.7 Å². The van der Waals surface area contributed by atoms with Crippen LogP contribution < -0.4 is 10.2 Å². The number of carbonyl (C=O) groups excluding carboxylic acids is 1. The molecule has 2 N–H and O–H groups in total. The Morgan fingerprint density at radius 3 is 2.82 bits per heavy atom. The zero-order valence-electron chi connectivity index (χ0n) is 12.9. The van der Waals surface area contributed by atoms with Crippen molar-refractivity contribution in [3.8, 4) is 0 Å². The highest BCUT2D eigenvalue weighted by atomic mass is 16.4. The van der Waals surface area contributed by atoms with Crippen LogP contribution in [0.1, 0.15) is 32.1 Å². The van der Waals surface area contributed by atoms with E-state index >= 15 is 0 Å². The van der Waals surface area contributed by atoms with Gasteiger partial charge in [0.25, 0.3) is 6.01 Å². The molecule has 0 atom stereocenters. The molecule has 1 aromatic heterocycles. The minimum atomic E-state index is -0.833. The third-order valence-electron chi connectivity index (χ3n) is 4.07. The van der Waals surface area contributed by atoms with Gasteiger partial charge in [-0.25, -0.2) is 0 Å². The van der Waals surface area contributed by atoms with Crippen LogP contribution in [0.5, 0.6) is 0 Å². The molecule has 0 unspecified atom stereocenters. The van der Waals surface area contributed by atoms with Gasteiger partial charge in [-0.2, -0.15) is 4.98 Å². The van der Waals surface area contributed by atoms with Crippen molar-refractivity contribution in [1.29, 1.82) is 0 Å². The highest BCUT2D eigenvalue weighted by Crippen LogP contribution is 2.32. The number of amides is 1. The summed E-state index contributed by atoms with van der Waals surface area (Å²) in [5.74, 6) is -0.167. The lowest BCUT2D eigenvalue weighted by Gasteiger charge is -2.21. The monoisotopic (exact) mass is 303 g/mol. The van der Waals surface area contributed by atoms with Gasteiger partial charge >= 0.3 is 0 Å². The number of nitrogens with one attached hydrogen (secondary N) is 1. The Morgan fingerprint density at radius 2 is 2.14 bits per heavy atom. The molecule has 1 amide bonds. The Hall–Kier alpha value is -2.08. The first-order valence-corrected chi connectivity index (χ1v) is 7.55. The van der Waals surface area contributed by atoms with Crippen LogP contribution in [-0.2, 0) is 4.79 Å². The number of nitrogens with zero attached hydrogens (tertiary/aromatic N) is 2. The molecule has 22 heavy (non-hydrogen) atoms. The van der Waals surface area contributed by atoms with Crippen LogP contribution in [-0.4, -0.2) is 35.7 Å². The summed E-state index contributed by atoms with van der Waals surface area (Å²) in [7, 11) is 3.71. The number of anilines is 2. The van der Waals surface area contributed by atoms with E-state index < -0.39 is 5.60 Å². The average molecular weight is 303 g/mol. The second-order valence-corrected chi connectivity index (χ2v) is 6.23. The van der Waals surface area contributed by atoms with Crippen LogP contribution >= 0.6 is 0 Å². The van der Waals surface area contributed by atoms with E-state index in [-0.39, 0.29) is 12.3 Å². The molecule has 1 heterocycles. The zero-order valence-corrected chi connectivity index (χ0v) is 12.9. The third-order valence-corrected chi connectivity index (χ3v) is 4.07. The lowest BCUT2D eigenvalue weighted by molar-refractivity contribution is -0.120. The van der Waals surface area contributed by atoms with E-state index in [1.807, 2.05) is 14.1 Å². The smallest absolute Gasteiger partial charge is 0.297 e. The molecular formula is C16H21N3O3. The number of hydrogen-bond acceptors (Lipinski definition) is 5. The summed E-state index contributed by atoms with van der Waals surface area (Å²) >= 11 is 0. The van der Waals surface area contributed by atoms with Crippen molar-refractivity contribution in [3.05, 3.63) is 18.2 Å². The van der Waals surface area contributed by atoms with E-state index in [0.717, 1.165) is 12.8 Å². The van der Waals surface area contributed by atoms with Gasteiger partial charge in [-0.1, -0.05) is 12.8 Å². The maximum atomic E-state index is 12.1. The molecule has 0 saturated heterocycles. The second-order valence-electron chi connectivity index (χ2n) is 6.23. The zero-order chi connectivity index (χ0) is 15.7. The number of carbonyl (C=O) groups is 1. The molecule has 0 spiro atoms. The number of aliphatic hydroxyl groups is 1. The number of fused-ring (bicyclic) bond motifs is 1. The van der Waals surface area contributed by atoms with Crippen molar-refractivity contribution in [3.63, 3.8) is 0 Å². The summed E-state index contributed by atoms with van der Waals surface area (Å²) in [6.45, 7) is 0. The van der Waals surface area contributed by atoms with Gasteiger partial charge in [-0.15, -0.1) is 0 Å². The van der Waals surface area contributed by atoms with E-state index in [2.05, 4.69) is 10.3 Å². The topological polar surface area (TPSA) is 78.6 Å². The van der Waals surface area contributed by atoms with E-state index in [1.54, 1.807) is 23.1 Å². The summed E-state index contributed by atoms with van der Waals surface area (Å²) in [6.07, 6.45) is 3.53. The quantitative estimate of drug-likeness (QED) is 0.907. The van der Waals surface area contributed by atoms with Crippen molar-refractivity contribution in [2.75, 3.05) is 24.3 Å². The van der Waals surface area contributed by atoms with Crippen molar-refractivity contribution in [2.24, 2.45) is 0 Å². The summed E-state index contributed by atoms with van der Waals surface area (Å²) in [4.78, 5) is 18.2. The molecule has 6 heteroatoms. The van der Waals surface area contributed by atoms with Gasteiger partial charge in [0.15, 0.2) is 5.58 Å². The van der Waals surface area contributed by atoms with E-state index in [9.17, 15) is 9.90 Å². The second kappa shape index (κ2) is 5.61. The van der Waals surface area contributed by atoms with Crippen LogP contribution in [0.15, 0.2) is 22.6 Å². The lowest BCUT2D eigenvalue weighted by atomic mass is 9.97. The van der Waals surface area contributed by atoms with E-state index in [0.29, 0.717) is 35.6 Å². The number of aromatic nitrogens is 1. The van der Waals surface area contributed by atoms with E-state index in [1.165, 1.54) is 0 Å². The molecule has 1 aliphatic rings. The SMILES string of the molecule is CN(C)c1nc2cc(NC(=O)CC3(O)CCCC3)ccc2o1. The van der Waals surface area contributed by atoms with Crippen molar-refractivity contribution in [2.45, 2.75) is 37.7 Å². The molecule has 2 aromatic rings. The van der Waals surface area contributed by atoms with Crippen LogP contribution in [0.2, 0.25) is 0 Å². The van der Waals surface area contributed by atoms with Gasteiger partial charge in [-0.3, -0.25) is 4.79 Å². The summed E-state index contributed by atoms with van der Waals surface area (Å²) in [5, 5.41) is 13.1. The Morgan fingerprint density at radius 1 is 1.41 bits per heavy atom. The molecule has 6 nitrogen and oxygen atoms in total. The fraction of sp³-hybridized carbons (Fsp3) is 0.500. The standard InChI is InChI=1S/C16H21N3O3/c1-19(2)15-18-12-9-11(5-6-13(12)22-15)17-14(20)10-16(21)7-3-4-8-16/h5-6,9,21H,3-4,7-8,10H2,1-2H3,(H,17,20). The van der Waals surface area contributed by atoms with Crippen molar-refractivity contribution < 1.29 is 14.3 Å². The molecule has 0 bridgehead atoms. The fourth-order valence-electron chi connectivity index (χ4n) is 2.90. The third kappa shape index (κ3) is 3.06. The summed E-state index contributed by atoms with van der Waals surface area (Å²) < 4.78 is 5.58. The molecule has 1 aromatic carbocycles. The summed E-state index contributed by atoms with van der Waals surface area (Å²) in [5.41, 5.74) is 1.20. The Bertz CT molecular complexity index is 687. The van der Waals surface area contributed by atoms with Gasteiger partial charge in [0, 0.05) is 19.8 Å². The maximum Gasteiger partial charge on any atom is 0.297 e. The van der Waals surface area contributed by atoms with Crippen molar-refractivity contribution in [1.82, 2.24) is 4.98 Å². The largest absolute Gasteiger partial charge is 0.423 e. The van der Waals surface area contributed by atoms with E-state index in [4.69, 9.17) is 4.42 Å². The van der Waals surface area contributed by atoms with Crippen molar-refractivity contribution >= 4 is 28.7 Å². The Kier molecular flexibility index (Phi) is 3.78. The van der Waals surface area contributed by atoms with Gasteiger partial charge in [-0.05, 0) is 31.0 Å². The number of benzene rings is 1. The predicted octanol–water partition coefficient (Wildman–Crippen LogP) is 2.53. The minimum Gasteiger partial charge on any atom is -0.423 e. The van der Waals surface area contributed by atoms with Crippen LogP contribution in [0, 0.1) is 0 Å². The average Bonchev–Trinajstić information content (AvgIpc) is 3.04. The maximum absolute atomic E-state index is 12.1. The molecule has 118 valence electrons. The highest BCUT2D eigenvalue weighted by molar-refractivity contribution is 5.93. The molecule has 1 saturated carbocycles. The molecule has 0 aliphatic heterocycles. The number of rotatable bonds is 4. The summed E-state index contributed by atoms with van der Waals surface area (Å²) in [6, 6.07) is 5.88. The van der Waals surface area contributed by atoms with Crippen LogP contribution in [0.4, 0.5) is 11.7 Å². The normalized spacial score (nSPS) is 16.9. The minimum absolute atomic E-state index is 0.146. The highest BCUT2D eigenvalue weighted by Gasteiger charge is 2.33. The Labute approximate surface area is 129 Å². The van der Waals surface area contributed by atoms with Crippen LogP contribution in [0.3, 0.4) is 0 Å². The first-order valence-electron chi connectivity index (χ1n) is 7.55. The number of oxazole rings is 1. The first kappa shape index (κ1) is 14.8. The molecule has 1 aliphatic carbocycles. The predicted molar refractivity (Wildman–Crippen MR) is 85.0 cm³/mol. The van der Waals surface area contributed by atoms with Gasteiger partial charge in [0.1, 0.15) is 5.52 Å². The molecule has 0 radical (unpaired) electrons. The molecule has 3 rings (SSSR count). The lowest BCUT2D eigenvalue weighted by Crippen LogP contribution is -2.30. The Balaban J connectivity index is 1.71. The molecule has 1 fully saturated rings.